The summed E-state index contributed by atoms with van der Waals surface area (Å²) in [6.07, 6.45) is 21.8. The quantitative estimate of drug-likeness (QED) is 0.113. The van der Waals surface area contributed by atoms with Gasteiger partial charge in [-0.15, -0.1) is 0 Å². The van der Waals surface area contributed by atoms with Gasteiger partial charge in [0.05, 0.1) is 7.11 Å². The highest BCUT2D eigenvalue weighted by molar-refractivity contribution is 8.03. The molecule has 7 heteroatoms. The minimum Gasteiger partial charge on any atom is -0.496 e. The lowest BCUT2D eigenvalue weighted by Gasteiger charge is -2.57. The number of ether oxygens (including phenoxy) is 2. The van der Waals surface area contributed by atoms with Crippen LogP contribution in [0.5, 0.6) is 5.75 Å². The van der Waals surface area contributed by atoms with Crippen LogP contribution in [0.2, 0.25) is 0 Å². The van der Waals surface area contributed by atoms with Crippen LogP contribution < -0.4 is 9.64 Å². The van der Waals surface area contributed by atoms with Gasteiger partial charge in [0.15, 0.2) is 16.9 Å². The summed E-state index contributed by atoms with van der Waals surface area (Å²) in [5.41, 5.74) is 13.1. The number of nitriles is 3. The van der Waals surface area contributed by atoms with Gasteiger partial charge in [-0.3, -0.25) is 0 Å². The number of nitrogens with zero attached hydrogens (tertiary/aromatic N) is 4. The molecule has 2 aliphatic heterocycles. The molecule has 2 atom stereocenters. The summed E-state index contributed by atoms with van der Waals surface area (Å²) in [4.78, 5) is 5.01. The molecule has 7 aliphatic rings. The summed E-state index contributed by atoms with van der Waals surface area (Å²) in [6.45, 7) is 14.2. The van der Waals surface area contributed by atoms with Crippen molar-refractivity contribution in [3.63, 3.8) is 0 Å². The third-order valence-electron chi connectivity index (χ3n) is 18.8. The minimum atomic E-state index is -1.36. The molecule has 2 unspecified atom stereocenters. The molecule has 0 saturated heterocycles. The summed E-state index contributed by atoms with van der Waals surface area (Å²) < 4.78 is 13.2. The normalized spacial score (nSPS) is 25.5. The van der Waals surface area contributed by atoms with Gasteiger partial charge in [-0.1, -0.05) is 166 Å². The molecule has 6 aromatic carbocycles. The molecule has 0 amide bonds. The summed E-state index contributed by atoms with van der Waals surface area (Å²) >= 11 is 1.80. The van der Waals surface area contributed by atoms with Crippen molar-refractivity contribution in [2.75, 3.05) is 12.0 Å². The fourth-order valence-corrected chi connectivity index (χ4v) is 16.9. The Bertz CT molecular complexity index is 3750. The molecule has 0 N–H and O–H groups in total. The van der Waals surface area contributed by atoms with Crippen LogP contribution in [0.4, 0.5) is 11.4 Å². The van der Waals surface area contributed by atoms with Crippen LogP contribution in [-0.4, -0.2) is 12.6 Å². The van der Waals surface area contributed by atoms with Crippen LogP contribution in [-0.2, 0) is 15.8 Å². The number of methoxy groups -OCH3 is 1. The van der Waals surface area contributed by atoms with Crippen molar-refractivity contribution in [2.24, 2.45) is 23.2 Å². The van der Waals surface area contributed by atoms with Gasteiger partial charge in [-0.05, 0) is 194 Å². The van der Waals surface area contributed by atoms with Crippen molar-refractivity contribution in [3.05, 3.63) is 242 Å². The smallest absolute Gasteiger partial charge is 0.186 e. The van der Waals surface area contributed by atoms with E-state index >= 15 is 0 Å². The average Bonchev–Trinajstić information content (AvgIpc) is 3.43. The molecule has 4 fully saturated rings. The SMILES string of the molecule is COc1ccc(N2c3cc(C)c(/C=C/C4=C(Sc5ccccc5)C(=C/C=C/C5=C(C#N)C(=C(C#N)C#N)OC5(c5ccccc5)c5ccc(-c6ccccc6)cc5)/CC(C)(C)C4)cc3C(C)CC2(C)C)cc1C12CC3CC(CC(C3)C1)C2. The largest absolute Gasteiger partial charge is 0.496 e. The van der Waals surface area contributed by atoms with Gasteiger partial charge in [-0.2, -0.15) is 15.8 Å². The molecule has 2 heterocycles. The van der Waals surface area contributed by atoms with Crippen molar-refractivity contribution < 1.29 is 9.47 Å². The second-order valence-electron chi connectivity index (χ2n) is 25.7. The molecule has 6 nitrogen and oxygen atoms in total. The average molecular weight is 1090 g/mol. The summed E-state index contributed by atoms with van der Waals surface area (Å²) in [6, 6.07) is 57.3. The van der Waals surface area contributed by atoms with E-state index in [4.69, 9.17) is 9.47 Å². The Morgan fingerprint density at radius 2 is 1.32 bits per heavy atom. The van der Waals surface area contributed by atoms with E-state index in [0.717, 1.165) is 69.9 Å². The highest BCUT2D eigenvalue weighted by atomic mass is 32.2. The zero-order valence-corrected chi connectivity index (χ0v) is 49.2. The van der Waals surface area contributed by atoms with Crippen LogP contribution in [0.1, 0.15) is 132 Å². The molecule has 0 radical (unpaired) electrons. The third-order valence-corrected chi connectivity index (χ3v) is 20.1. The Hall–Kier alpha value is -8.02. The van der Waals surface area contributed by atoms with E-state index in [1.54, 1.807) is 11.8 Å². The first-order valence-corrected chi connectivity index (χ1v) is 30.2. The topological polar surface area (TPSA) is 93.1 Å². The molecular formula is C75H72N4O2S. The number of hydrogen-bond donors (Lipinski definition) is 0. The second kappa shape index (κ2) is 21.7. The standard InChI is InChI=1S/C75H72N4O2S/c1-49-34-68-64(50(2)40-73(5,6)79(68)62-32-33-69(80-7)67(39-62)74-41-51-35-52(42-74)37-53(36-51)43-74)38-56(49)26-27-58-45-72(3,4)44-57(71(58)82-63-23-15-10-16-24-63)20-17-25-66-65(48-78)70(59(46-76)47-77)81-75(66,60-21-13-9-14-22-60)61-30-28-55(29-31-61)54-18-11-8-12-19-54/h8-34,38-39,50-53H,35-37,40-45H2,1-7H3/b25-17+,27-26+,57-20+. The molecular weight excluding hydrogens is 1020 g/mol. The molecule has 4 bridgehead atoms. The van der Waals surface area contributed by atoms with E-state index in [1.165, 1.54) is 88.2 Å². The van der Waals surface area contributed by atoms with Gasteiger partial charge in [0, 0.05) is 49.0 Å². The van der Waals surface area contributed by atoms with Gasteiger partial charge in [0.1, 0.15) is 29.5 Å². The maximum atomic E-state index is 11.1. The van der Waals surface area contributed by atoms with Crippen LogP contribution >= 0.6 is 11.8 Å². The lowest BCUT2D eigenvalue weighted by Crippen LogP contribution is -2.49. The Kier molecular flexibility index (Phi) is 14.4. The van der Waals surface area contributed by atoms with Gasteiger partial charge >= 0.3 is 0 Å². The van der Waals surface area contributed by atoms with Crippen molar-refractivity contribution in [1.82, 2.24) is 0 Å². The maximum Gasteiger partial charge on any atom is 0.186 e. The van der Waals surface area contributed by atoms with Crippen molar-refractivity contribution in [3.8, 4) is 35.1 Å². The zero-order chi connectivity index (χ0) is 57.0. The number of anilines is 2. The lowest BCUT2D eigenvalue weighted by atomic mass is 9.48. The van der Waals surface area contributed by atoms with Gasteiger partial charge in [-0.25, -0.2) is 0 Å². The first kappa shape index (κ1) is 54.6. The zero-order valence-electron chi connectivity index (χ0n) is 48.4. The Balaban J connectivity index is 0.942. The van der Waals surface area contributed by atoms with E-state index in [1.807, 2.05) is 92.1 Å². The summed E-state index contributed by atoms with van der Waals surface area (Å²) in [5, 5.41) is 31.7. The van der Waals surface area contributed by atoms with Gasteiger partial charge < -0.3 is 14.4 Å². The predicted molar refractivity (Wildman–Crippen MR) is 333 cm³/mol. The number of thioether (sulfide) groups is 1. The fraction of sp³-hybridized carbons (Fsp3) is 0.320. The second-order valence-corrected chi connectivity index (χ2v) is 26.8. The molecule has 4 saturated carbocycles. The highest BCUT2D eigenvalue weighted by Gasteiger charge is 2.53. The Labute approximate surface area is 490 Å². The number of aryl methyl sites for hydroxylation is 1. The van der Waals surface area contributed by atoms with E-state index in [9.17, 15) is 15.8 Å². The van der Waals surface area contributed by atoms with Crippen molar-refractivity contribution in [1.29, 1.82) is 15.8 Å². The van der Waals surface area contributed by atoms with Gasteiger partial charge in [0.2, 0.25) is 0 Å². The molecule has 13 rings (SSSR count). The number of benzene rings is 6. The number of rotatable bonds is 12. The lowest BCUT2D eigenvalue weighted by molar-refractivity contribution is -0.00614. The van der Waals surface area contributed by atoms with Crippen molar-refractivity contribution >= 4 is 29.2 Å². The number of fused-ring (bicyclic) bond motifs is 1. The summed E-state index contributed by atoms with van der Waals surface area (Å²) in [5.74, 6) is 3.94. The van der Waals surface area contributed by atoms with Crippen LogP contribution in [0.25, 0.3) is 17.2 Å². The van der Waals surface area contributed by atoms with E-state index in [2.05, 4.69) is 156 Å². The molecule has 6 aromatic rings. The first-order valence-electron chi connectivity index (χ1n) is 29.4. The van der Waals surface area contributed by atoms with E-state index in [0.29, 0.717) is 11.5 Å². The van der Waals surface area contributed by atoms with Crippen LogP contribution in [0, 0.1) is 64.1 Å². The Morgan fingerprint density at radius 1 is 0.695 bits per heavy atom. The van der Waals surface area contributed by atoms with E-state index in [-0.39, 0.29) is 33.3 Å². The summed E-state index contributed by atoms with van der Waals surface area (Å²) in [7, 11) is 1.86. The molecule has 82 heavy (non-hydrogen) atoms. The fourth-order valence-electron chi connectivity index (χ4n) is 15.8. The monoisotopic (exact) mass is 1090 g/mol. The van der Waals surface area contributed by atoms with E-state index < -0.39 is 5.60 Å². The molecule has 410 valence electrons. The number of hydrogen-bond acceptors (Lipinski definition) is 7. The van der Waals surface area contributed by atoms with Crippen molar-refractivity contribution in [2.45, 2.75) is 127 Å². The number of allylic oxidation sites excluding steroid dienone is 7. The molecule has 0 spiro atoms. The van der Waals surface area contributed by atoms with Gasteiger partial charge in [0.25, 0.3) is 0 Å². The molecule has 0 aromatic heterocycles. The minimum absolute atomic E-state index is 0.0205. The first-order chi connectivity index (χ1) is 39.6. The van der Waals surface area contributed by atoms with Crippen LogP contribution in [0.3, 0.4) is 0 Å². The maximum absolute atomic E-state index is 11.1. The highest BCUT2D eigenvalue weighted by Crippen LogP contribution is 2.63. The Morgan fingerprint density at radius 3 is 1.95 bits per heavy atom. The third kappa shape index (κ3) is 9.94. The predicted octanol–water partition coefficient (Wildman–Crippen LogP) is 19.0. The van der Waals surface area contributed by atoms with Crippen LogP contribution in [0.15, 0.2) is 213 Å². The molecule has 5 aliphatic carbocycles.